The Morgan fingerprint density at radius 3 is 2.88 bits per heavy atom. The Labute approximate surface area is 152 Å². The molecule has 8 nitrogen and oxygen atoms in total. The molecule has 2 atom stereocenters. The number of rotatable bonds is 3. The third-order valence-corrected chi connectivity index (χ3v) is 5.74. The van der Waals surface area contributed by atoms with Gasteiger partial charge < -0.3 is 9.80 Å². The summed E-state index contributed by atoms with van der Waals surface area (Å²) < 4.78 is 1.79. The third kappa shape index (κ3) is 2.43. The molecular weight excluding hydrogens is 332 g/mol. The first-order chi connectivity index (χ1) is 12.5. The first kappa shape index (κ1) is 16.8. The van der Waals surface area contributed by atoms with Crippen LogP contribution in [0.1, 0.15) is 42.8 Å². The fourth-order valence-corrected chi connectivity index (χ4v) is 4.26. The Kier molecular flexibility index (Phi) is 4.05. The fraction of sp³-hybridized carbons (Fsp3) is 0.556. The summed E-state index contributed by atoms with van der Waals surface area (Å²) in [6, 6.07) is -0.258. The Hall–Kier alpha value is -2.64. The molecule has 2 aromatic rings. The van der Waals surface area contributed by atoms with Crippen molar-refractivity contribution in [1.29, 1.82) is 0 Å². The number of nitrogens with one attached hydrogen (secondary N) is 1. The average molecular weight is 356 g/mol. The molecule has 0 saturated carbocycles. The van der Waals surface area contributed by atoms with Crippen LogP contribution in [0.3, 0.4) is 0 Å². The lowest BCUT2D eigenvalue weighted by Crippen LogP contribution is -2.41. The summed E-state index contributed by atoms with van der Waals surface area (Å²) in [5.74, 6) is -0.361. The van der Waals surface area contributed by atoms with Crippen LogP contribution in [-0.4, -0.2) is 49.8 Å². The van der Waals surface area contributed by atoms with E-state index in [1.165, 1.54) is 0 Å². The number of amides is 2. The summed E-state index contributed by atoms with van der Waals surface area (Å²) in [5, 5.41) is 11.4. The monoisotopic (exact) mass is 356 g/mol. The maximum atomic E-state index is 13.4. The van der Waals surface area contributed by atoms with Crippen molar-refractivity contribution in [3.05, 3.63) is 29.3 Å². The van der Waals surface area contributed by atoms with E-state index in [4.69, 9.17) is 0 Å². The minimum Gasteiger partial charge on any atom is -0.335 e. The van der Waals surface area contributed by atoms with E-state index >= 15 is 0 Å². The van der Waals surface area contributed by atoms with E-state index in [0.29, 0.717) is 13.1 Å². The van der Waals surface area contributed by atoms with E-state index in [0.717, 1.165) is 35.5 Å². The highest BCUT2D eigenvalue weighted by atomic mass is 16.2. The molecule has 2 aromatic heterocycles. The number of carbonyl (C=O) groups is 2. The Balaban J connectivity index is 1.71. The van der Waals surface area contributed by atoms with Gasteiger partial charge in [-0.25, -0.2) is 0 Å². The first-order valence-corrected chi connectivity index (χ1v) is 9.14. The number of aryl methyl sites for hydroxylation is 2. The van der Waals surface area contributed by atoms with E-state index < -0.39 is 5.92 Å². The number of likely N-dealkylation sites (tertiary alicyclic amines) is 1. The summed E-state index contributed by atoms with van der Waals surface area (Å²) >= 11 is 0. The lowest BCUT2D eigenvalue weighted by molar-refractivity contribution is -0.129. The standard InChI is InChI=1S/C18H24N6O2/c1-4-23-16(25)8-12(17(23)13-9-20-22(3)11(13)2)18(26)24-7-5-6-14-15(24)10-19-21-14/h9-10,12,17H,4-8H2,1-3H3,(H,19,21)/t12-,17-/m0/s1. The topological polar surface area (TPSA) is 87.1 Å². The van der Waals surface area contributed by atoms with Gasteiger partial charge in [0, 0.05) is 37.8 Å². The van der Waals surface area contributed by atoms with Crippen molar-refractivity contribution in [2.24, 2.45) is 13.0 Å². The lowest BCUT2D eigenvalue weighted by Gasteiger charge is -2.32. The van der Waals surface area contributed by atoms with Crippen LogP contribution in [0.2, 0.25) is 0 Å². The van der Waals surface area contributed by atoms with Gasteiger partial charge in [-0.2, -0.15) is 10.2 Å². The molecule has 0 aromatic carbocycles. The molecule has 2 amide bonds. The molecule has 4 rings (SSSR count). The maximum Gasteiger partial charge on any atom is 0.233 e. The van der Waals surface area contributed by atoms with E-state index in [9.17, 15) is 9.59 Å². The second-order valence-corrected chi connectivity index (χ2v) is 7.07. The van der Waals surface area contributed by atoms with Gasteiger partial charge in [-0.05, 0) is 26.7 Å². The van der Waals surface area contributed by atoms with Crippen LogP contribution in [-0.2, 0) is 23.1 Å². The van der Waals surface area contributed by atoms with Gasteiger partial charge in [0.2, 0.25) is 11.8 Å². The van der Waals surface area contributed by atoms with Crippen LogP contribution in [0.15, 0.2) is 12.4 Å². The normalized spacial score (nSPS) is 22.8. The number of carbonyl (C=O) groups excluding carboxylic acids is 2. The van der Waals surface area contributed by atoms with E-state index in [2.05, 4.69) is 15.3 Å². The number of hydrogen-bond donors (Lipinski definition) is 1. The highest BCUT2D eigenvalue weighted by molar-refractivity contribution is 6.00. The molecule has 0 radical (unpaired) electrons. The molecule has 26 heavy (non-hydrogen) atoms. The summed E-state index contributed by atoms with van der Waals surface area (Å²) in [6.45, 7) is 5.19. The highest BCUT2D eigenvalue weighted by Crippen LogP contribution is 2.41. The average Bonchev–Trinajstić information content (AvgIpc) is 3.32. The van der Waals surface area contributed by atoms with Gasteiger partial charge in [0.05, 0.1) is 35.7 Å². The number of hydrogen-bond acceptors (Lipinski definition) is 4. The van der Waals surface area contributed by atoms with E-state index in [-0.39, 0.29) is 24.3 Å². The molecule has 0 aliphatic carbocycles. The Bertz CT molecular complexity index is 854. The van der Waals surface area contributed by atoms with Gasteiger partial charge in [-0.1, -0.05) is 0 Å². The number of nitrogens with zero attached hydrogens (tertiary/aromatic N) is 5. The van der Waals surface area contributed by atoms with Gasteiger partial charge in [0.1, 0.15) is 0 Å². The number of fused-ring (bicyclic) bond motifs is 1. The van der Waals surface area contributed by atoms with Crippen LogP contribution < -0.4 is 4.90 Å². The largest absolute Gasteiger partial charge is 0.335 e. The zero-order valence-electron chi connectivity index (χ0n) is 15.4. The number of aromatic nitrogens is 4. The maximum absolute atomic E-state index is 13.4. The predicted octanol–water partition coefficient (Wildman–Crippen LogP) is 1.34. The zero-order chi connectivity index (χ0) is 18.4. The predicted molar refractivity (Wildman–Crippen MR) is 95.4 cm³/mol. The van der Waals surface area contributed by atoms with Gasteiger partial charge in [0.25, 0.3) is 0 Å². The Morgan fingerprint density at radius 1 is 1.38 bits per heavy atom. The minimum atomic E-state index is -0.397. The second kappa shape index (κ2) is 6.26. The molecule has 0 bridgehead atoms. The van der Waals surface area contributed by atoms with Crippen molar-refractivity contribution >= 4 is 17.5 Å². The molecule has 2 aliphatic rings. The molecule has 138 valence electrons. The summed E-state index contributed by atoms with van der Waals surface area (Å²) in [6.07, 6.45) is 5.55. The summed E-state index contributed by atoms with van der Waals surface area (Å²) in [7, 11) is 1.88. The van der Waals surface area contributed by atoms with Gasteiger partial charge in [-0.15, -0.1) is 0 Å². The molecule has 2 aliphatic heterocycles. The van der Waals surface area contributed by atoms with Crippen molar-refractivity contribution in [2.75, 3.05) is 18.0 Å². The number of aromatic amines is 1. The van der Waals surface area contributed by atoms with Crippen molar-refractivity contribution in [1.82, 2.24) is 24.9 Å². The molecular formula is C18H24N6O2. The molecule has 0 unspecified atom stereocenters. The van der Waals surface area contributed by atoms with Crippen molar-refractivity contribution in [3.63, 3.8) is 0 Å². The first-order valence-electron chi connectivity index (χ1n) is 9.14. The van der Waals surface area contributed by atoms with Crippen LogP contribution in [0.5, 0.6) is 0 Å². The molecule has 1 fully saturated rings. The van der Waals surface area contributed by atoms with Gasteiger partial charge in [-0.3, -0.25) is 19.4 Å². The minimum absolute atomic E-state index is 0.00454. The lowest BCUT2D eigenvalue weighted by atomic mass is 9.91. The van der Waals surface area contributed by atoms with Gasteiger partial charge in [0.15, 0.2) is 0 Å². The summed E-state index contributed by atoms with van der Waals surface area (Å²) in [4.78, 5) is 29.7. The summed E-state index contributed by atoms with van der Waals surface area (Å²) in [5.41, 5.74) is 3.80. The molecule has 8 heteroatoms. The second-order valence-electron chi connectivity index (χ2n) is 7.07. The number of H-pyrrole nitrogens is 1. The van der Waals surface area contributed by atoms with Crippen LogP contribution >= 0.6 is 0 Å². The van der Waals surface area contributed by atoms with Crippen molar-refractivity contribution < 1.29 is 9.59 Å². The van der Waals surface area contributed by atoms with Crippen LogP contribution in [0.25, 0.3) is 0 Å². The van der Waals surface area contributed by atoms with Crippen molar-refractivity contribution in [3.8, 4) is 0 Å². The molecule has 0 spiro atoms. The van der Waals surface area contributed by atoms with Crippen LogP contribution in [0.4, 0.5) is 5.69 Å². The highest BCUT2D eigenvalue weighted by Gasteiger charge is 2.47. The smallest absolute Gasteiger partial charge is 0.233 e. The molecule has 1 saturated heterocycles. The van der Waals surface area contributed by atoms with Crippen LogP contribution in [0, 0.1) is 12.8 Å². The molecule has 1 N–H and O–H groups in total. The Morgan fingerprint density at radius 2 is 2.19 bits per heavy atom. The van der Waals surface area contributed by atoms with Crippen molar-refractivity contribution in [2.45, 2.75) is 39.2 Å². The third-order valence-electron chi connectivity index (χ3n) is 5.74. The molecule has 4 heterocycles. The SMILES string of the molecule is CCN1C(=O)C[C@H](C(=O)N2CCCc3[nH]ncc32)[C@H]1c1cnn(C)c1C. The van der Waals surface area contributed by atoms with E-state index in [1.54, 1.807) is 22.0 Å². The zero-order valence-corrected chi connectivity index (χ0v) is 15.4. The van der Waals surface area contributed by atoms with E-state index in [1.807, 2.05) is 25.8 Å². The van der Waals surface area contributed by atoms with Gasteiger partial charge >= 0.3 is 0 Å². The number of anilines is 1. The quantitative estimate of drug-likeness (QED) is 0.899. The fourth-order valence-electron chi connectivity index (χ4n) is 4.26.